The zero-order valence-corrected chi connectivity index (χ0v) is 13.5. The minimum absolute atomic E-state index is 0.348. The largest absolute Gasteiger partial charge is 0.314 e. The number of nitrogens with one attached hydrogen (secondary N) is 1. The second-order valence-electron chi connectivity index (χ2n) is 6.09. The Balaban J connectivity index is 2.62. The molecule has 1 unspecified atom stereocenters. The molecular weight excluding hydrogens is 288 g/mol. The average Bonchev–Trinajstić information content (AvgIpc) is 2.27. The minimum Gasteiger partial charge on any atom is -0.314 e. The summed E-state index contributed by atoms with van der Waals surface area (Å²) in [5, 5.41) is 3.64. The second-order valence-corrected chi connectivity index (χ2v) is 7.00. The molecule has 0 saturated carbocycles. The summed E-state index contributed by atoms with van der Waals surface area (Å²) in [4.78, 5) is 4.47. The monoisotopic (exact) mass is 312 g/mol. The highest BCUT2D eigenvalue weighted by molar-refractivity contribution is 9.10. The van der Waals surface area contributed by atoms with Crippen molar-refractivity contribution in [2.45, 2.75) is 53.0 Å². The molecule has 18 heavy (non-hydrogen) atoms. The van der Waals surface area contributed by atoms with E-state index < -0.39 is 0 Å². The van der Waals surface area contributed by atoms with E-state index in [1.165, 1.54) is 12.8 Å². The lowest BCUT2D eigenvalue weighted by molar-refractivity contribution is 0.305. The summed E-state index contributed by atoms with van der Waals surface area (Å²) in [6.07, 6.45) is 5.23. The van der Waals surface area contributed by atoms with Gasteiger partial charge in [0.1, 0.15) is 0 Å². The predicted octanol–water partition coefficient (Wildman–Crippen LogP) is 4.19. The van der Waals surface area contributed by atoms with Gasteiger partial charge in [0.15, 0.2) is 0 Å². The van der Waals surface area contributed by atoms with Gasteiger partial charge in [0.25, 0.3) is 0 Å². The van der Waals surface area contributed by atoms with Crippen molar-refractivity contribution in [2.24, 2.45) is 5.41 Å². The lowest BCUT2D eigenvalue weighted by atomic mass is 9.86. The first-order valence-corrected chi connectivity index (χ1v) is 7.54. The van der Waals surface area contributed by atoms with Crippen LogP contribution < -0.4 is 5.32 Å². The first kappa shape index (κ1) is 15.6. The molecule has 0 amide bonds. The molecule has 1 aromatic heterocycles. The molecule has 0 spiro atoms. The molecule has 1 rings (SSSR count). The molecule has 0 radical (unpaired) electrons. The maximum Gasteiger partial charge on any atom is 0.0419 e. The fourth-order valence-electron chi connectivity index (χ4n) is 2.08. The smallest absolute Gasteiger partial charge is 0.0419 e. The molecule has 0 aliphatic rings. The Morgan fingerprint density at radius 2 is 2.06 bits per heavy atom. The van der Waals surface area contributed by atoms with Crippen LogP contribution in [0.25, 0.3) is 0 Å². The maximum atomic E-state index is 4.47. The van der Waals surface area contributed by atoms with Gasteiger partial charge in [-0.2, -0.15) is 0 Å². The van der Waals surface area contributed by atoms with E-state index in [-0.39, 0.29) is 0 Å². The normalized spacial score (nSPS) is 13.6. The standard InChI is InChI=1S/C15H25BrN2/c1-5-8-17-14(10-15(2,3)4)9-13-7-6-12(16)11-18-13/h6-7,11,14,17H,5,8-10H2,1-4H3. The molecule has 2 nitrogen and oxygen atoms in total. The molecule has 0 bridgehead atoms. The molecule has 1 N–H and O–H groups in total. The molecule has 102 valence electrons. The fourth-order valence-corrected chi connectivity index (χ4v) is 2.32. The summed E-state index contributed by atoms with van der Waals surface area (Å²) in [6.45, 7) is 10.2. The molecule has 0 aliphatic carbocycles. The number of aromatic nitrogens is 1. The number of rotatable bonds is 6. The Kier molecular flexibility index (Phi) is 6.30. The van der Waals surface area contributed by atoms with Crippen molar-refractivity contribution in [3.63, 3.8) is 0 Å². The van der Waals surface area contributed by atoms with Gasteiger partial charge in [0, 0.05) is 28.8 Å². The van der Waals surface area contributed by atoms with Crippen molar-refractivity contribution >= 4 is 15.9 Å². The molecule has 3 heteroatoms. The van der Waals surface area contributed by atoms with Gasteiger partial charge in [0.05, 0.1) is 0 Å². The van der Waals surface area contributed by atoms with E-state index in [2.05, 4.69) is 66.1 Å². The zero-order valence-electron chi connectivity index (χ0n) is 12.0. The molecule has 0 saturated heterocycles. The van der Waals surface area contributed by atoms with Crippen LogP contribution in [0.2, 0.25) is 0 Å². The Bertz CT molecular complexity index is 341. The van der Waals surface area contributed by atoms with Crippen molar-refractivity contribution in [2.75, 3.05) is 6.54 Å². The van der Waals surface area contributed by atoms with Crippen molar-refractivity contribution in [1.82, 2.24) is 10.3 Å². The molecule has 1 aromatic rings. The highest BCUT2D eigenvalue weighted by atomic mass is 79.9. The van der Waals surface area contributed by atoms with Gasteiger partial charge in [-0.3, -0.25) is 4.98 Å². The summed E-state index contributed by atoms with van der Waals surface area (Å²) in [6, 6.07) is 4.68. The molecule has 0 aliphatic heterocycles. The Hall–Kier alpha value is -0.410. The van der Waals surface area contributed by atoms with E-state index in [9.17, 15) is 0 Å². The highest BCUT2D eigenvalue weighted by Crippen LogP contribution is 2.22. The SMILES string of the molecule is CCCNC(Cc1ccc(Br)cn1)CC(C)(C)C. The third kappa shape index (κ3) is 6.50. The van der Waals surface area contributed by atoms with E-state index in [1.54, 1.807) is 0 Å². The lowest BCUT2D eigenvalue weighted by Crippen LogP contribution is -2.35. The number of halogens is 1. The summed E-state index contributed by atoms with van der Waals surface area (Å²) < 4.78 is 1.04. The highest BCUT2D eigenvalue weighted by Gasteiger charge is 2.18. The lowest BCUT2D eigenvalue weighted by Gasteiger charge is -2.26. The van der Waals surface area contributed by atoms with Crippen LogP contribution in [0, 0.1) is 5.41 Å². The molecular formula is C15H25BrN2. The second kappa shape index (κ2) is 7.25. The Morgan fingerprint density at radius 1 is 1.33 bits per heavy atom. The number of nitrogens with zero attached hydrogens (tertiary/aromatic N) is 1. The van der Waals surface area contributed by atoms with Gasteiger partial charge < -0.3 is 5.32 Å². The van der Waals surface area contributed by atoms with Gasteiger partial charge in [-0.15, -0.1) is 0 Å². The predicted molar refractivity (Wildman–Crippen MR) is 81.8 cm³/mol. The van der Waals surface area contributed by atoms with E-state index >= 15 is 0 Å². The number of hydrogen-bond acceptors (Lipinski definition) is 2. The summed E-state index contributed by atoms with van der Waals surface area (Å²) >= 11 is 3.42. The van der Waals surface area contributed by atoms with E-state index in [0.29, 0.717) is 11.5 Å². The van der Waals surface area contributed by atoms with Crippen LogP contribution in [0.1, 0.15) is 46.2 Å². The quantitative estimate of drug-likeness (QED) is 0.852. The van der Waals surface area contributed by atoms with Crippen LogP contribution >= 0.6 is 15.9 Å². The summed E-state index contributed by atoms with van der Waals surface area (Å²) in [7, 11) is 0. The van der Waals surface area contributed by atoms with Crippen molar-refractivity contribution in [3.05, 3.63) is 28.5 Å². The zero-order chi connectivity index (χ0) is 13.6. The fraction of sp³-hybridized carbons (Fsp3) is 0.667. The van der Waals surface area contributed by atoms with Crippen LogP contribution in [0.3, 0.4) is 0 Å². The Morgan fingerprint density at radius 3 is 2.56 bits per heavy atom. The van der Waals surface area contributed by atoms with Crippen molar-refractivity contribution in [1.29, 1.82) is 0 Å². The molecule has 0 aromatic carbocycles. The first-order chi connectivity index (χ1) is 8.40. The third-order valence-electron chi connectivity index (χ3n) is 2.79. The first-order valence-electron chi connectivity index (χ1n) is 6.74. The minimum atomic E-state index is 0.348. The average molecular weight is 313 g/mol. The third-order valence-corrected chi connectivity index (χ3v) is 3.26. The van der Waals surface area contributed by atoms with E-state index in [4.69, 9.17) is 0 Å². The van der Waals surface area contributed by atoms with Crippen molar-refractivity contribution in [3.8, 4) is 0 Å². The van der Waals surface area contributed by atoms with Crippen LogP contribution in [-0.2, 0) is 6.42 Å². The van der Waals surface area contributed by atoms with Gasteiger partial charge in [0.2, 0.25) is 0 Å². The van der Waals surface area contributed by atoms with Gasteiger partial charge in [-0.25, -0.2) is 0 Å². The molecule has 0 fully saturated rings. The van der Waals surface area contributed by atoms with E-state index in [0.717, 1.165) is 23.1 Å². The van der Waals surface area contributed by atoms with Gasteiger partial charge >= 0.3 is 0 Å². The van der Waals surface area contributed by atoms with E-state index in [1.807, 2.05) is 6.20 Å². The van der Waals surface area contributed by atoms with Crippen LogP contribution in [-0.4, -0.2) is 17.6 Å². The van der Waals surface area contributed by atoms with Gasteiger partial charge in [-0.1, -0.05) is 27.7 Å². The topological polar surface area (TPSA) is 24.9 Å². The molecule has 1 heterocycles. The summed E-state index contributed by atoms with van der Waals surface area (Å²) in [5.74, 6) is 0. The van der Waals surface area contributed by atoms with Crippen molar-refractivity contribution < 1.29 is 0 Å². The summed E-state index contributed by atoms with van der Waals surface area (Å²) in [5.41, 5.74) is 1.51. The van der Waals surface area contributed by atoms with Gasteiger partial charge in [-0.05, 0) is 52.9 Å². The number of hydrogen-bond donors (Lipinski definition) is 1. The van der Waals surface area contributed by atoms with Crippen LogP contribution in [0.5, 0.6) is 0 Å². The molecule has 1 atom stereocenters. The number of pyridine rings is 1. The van der Waals surface area contributed by atoms with Crippen LogP contribution in [0.4, 0.5) is 0 Å². The van der Waals surface area contributed by atoms with Crippen LogP contribution in [0.15, 0.2) is 22.8 Å². The maximum absolute atomic E-state index is 4.47. The Labute approximate surface area is 120 Å².